The van der Waals surface area contributed by atoms with Crippen molar-refractivity contribution in [1.82, 2.24) is 0 Å². The molecule has 0 aliphatic heterocycles. The van der Waals surface area contributed by atoms with Gasteiger partial charge in [0.25, 0.3) is 5.91 Å². The Bertz CT molecular complexity index is 454. The number of carboxylic acids is 1. The van der Waals surface area contributed by atoms with Gasteiger partial charge in [0.1, 0.15) is 6.21 Å². The second-order valence-electron chi connectivity index (χ2n) is 3.02. The largest absolute Gasteiger partial charge is 0.478 e. The lowest BCUT2D eigenvalue weighted by Gasteiger charge is -2.08. The number of nitrogens with zero attached hydrogens (tertiary/aromatic N) is 1. The number of hydrogen-bond donors (Lipinski definition) is 3. The van der Waals surface area contributed by atoms with Crippen LogP contribution in [0.15, 0.2) is 23.4 Å². The molecule has 6 nitrogen and oxygen atoms in total. The van der Waals surface area contributed by atoms with E-state index in [-0.39, 0.29) is 5.56 Å². The Kier molecular flexibility index (Phi) is 3.60. The lowest BCUT2D eigenvalue weighted by atomic mass is 10.1. The lowest BCUT2D eigenvalue weighted by Crippen LogP contribution is -2.14. The third kappa shape index (κ3) is 2.57. The SMILES string of the molecule is Cc1c(NC(=O)/C=N\O)cccc1C(=O)O. The number of anilines is 1. The van der Waals surface area contributed by atoms with E-state index in [9.17, 15) is 9.59 Å². The van der Waals surface area contributed by atoms with Crippen LogP contribution in [-0.4, -0.2) is 28.4 Å². The minimum absolute atomic E-state index is 0.110. The molecule has 0 aliphatic rings. The number of amides is 1. The fourth-order valence-electron chi connectivity index (χ4n) is 1.22. The van der Waals surface area contributed by atoms with Gasteiger partial charge in [-0.05, 0) is 24.6 Å². The maximum atomic E-state index is 11.1. The second-order valence-corrected chi connectivity index (χ2v) is 3.02. The smallest absolute Gasteiger partial charge is 0.336 e. The van der Waals surface area contributed by atoms with Crippen LogP contribution in [0.3, 0.4) is 0 Å². The summed E-state index contributed by atoms with van der Waals surface area (Å²) in [7, 11) is 0. The monoisotopic (exact) mass is 222 g/mol. The predicted octanol–water partition coefficient (Wildman–Crippen LogP) is 1.09. The van der Waals surface area contributed by atoms with Gasteiger partial charge in [0, 0.05) is 5.69 Å². The maximum Gasteiger partial charge on any atom is 0.336 e. The van der Waals surface area contributed by atoms with Crippen LogP contribution in [0.25, 0.3) is 0 Å². The van der Waals surface area contributed by atoms with Gasteiger partial charge in [-0.25, -0.2) is 4.79 Å². The van der Waals surface area contributed by atoms with Gasteiger partial charge in [-0.15, -0.1) is 0 Å². The Hall–Kier alpha value is -2.37. The van der Waals surface area contributed by atoms with Crippen molar-refractivity contribution >= 4 is 23.8 Å². The summed E-state index contributed by atoms with van der Waals surface area (Å²) in [6, 6.07) is 4.51. The molecule has 0 atom stereocenters. The number of benzene rings is 1. The van der Waals surface area contributed by atoms with Crippen LogP contribution in [-0.2, 0) is 4.79 Å². The van der Waals surface area contributed by atoms with Crippen LogP contribution in [0.5, 0.6) is 0 Å². The van der Waals surface area contributed by atoms with Crippen LogP contribution in [0.4, 0.5) is 5.69 Å². The van der Waals surface area contributed by atoms with Crippen LogP contribution in [0, 0.1) is 6.92 Å². The summed E-state index contributed by atoms with van der Waals surface area (Å²) >= 11 is 0. The molecule has 0 bridgehead atoms. The first-order chi connectivity index (χ1) is 7.56. The maximum absolute atomic E-state index is 11.1. The molecule has 0 radical (unpaired) electrons. The highest BCUT2D eigenvalue weighted by molar-refractivity contribution is 6.31. The Morgan fingerprint density at radius 1 is 1.44 bits per heavy atom. The van der Waals surface area contributed by atoms with Crippen molar-refractivity contribution in [2.24, 2.45) is 5.16 Å². The average Bonchev–Trinajstić information content (AvgIpc) is 2.21. The summed E-state index contributed by atoms with van der Waals surface area (Å²) in [6.07, 6.45) is 0.687. The highest BCUT2D eigenvalue weighted by Crippen LogP contribution is 2.18. The molecule has 84 valence electrons. The Balaban J connectivity index is 3.02. The highest BCUT2D eigenvalue weighted by Gasteiger charge is 2.10. The second kappa shape index (κ2) is 4.92. The van der Waals surface area contributed by atoms with Crippen molar-refractivity contribution in [1.29, 1.82) is 0 Å². The zero-order valence-electron chi connectivity index (χ0n) is 8.47. The molecule has 16 heavy (non-hydrogen) atoms. The predicted molar refractivity (Wildman–Crippen MR) is 57.0 cm³/mol. The molecule has 6 heteroatoms. The third-order valence-corrected chi connectivity index (χ3v) is 2.00. The van der Waals surface area contributed by atoms with Gasteiger partial charge in [0.05, 0.1) is 5.56 Å². The average molecular weight is 222 g/mol. The molecule has 0 unspecified atom stereocenters. The summed E-state index contributed by atoms with van der Waals surface area (Å²) in [6.45, 7) is 1.58. The topological polar surface area (TPSA) is 99.0 Å². The van der Waals surface area contributed by atoms with Gasteiger partial charge in [-0.1, -0.05) is 11.2 Å². The fourth-order valence-corrected chi connectivity index (χ4v) is 1.22. The quantitative estimate of drug-likeness (QED) is 0.405. The Morgan fingerprint density at radius 2 is 2.12 bits per heavy atom. The van der Waals surface area contributed by atoms with Gasteiger partial charge >= 0.3 is 5.97 Å². The first kappa shape index (κ1) is 11.7. The van der Waals surface area contributed by atoms with Crippen molar-refractivity contribution in [3.8, 4) is 0 Å². The molecule has 0 fully saturated rings. The van der Waals surface area contributed by atoms with Crippen LogP contribution >= 0.6 is 0 Å². The molecule has 1 aromatic carbocycles. The number of carbonyl (C=O) groups is 2. The summed E-state index contributed by atoms with van der Waals surface area (Å²) in [4.78, 5) is 21.9. The van der Waals surface area contributed by atoms with E-state index in [4.69, 9.17) is 10.3 Å². The van der Waals surface area contributed by atoms with E-state index in [1.807, 2.05) is 0 Å². The summed E-state index contributed by atoms with van der Waals surface area (Å²) < 4.78 is 0. The number of oxime groups is 1. The van der Waals surface area contributed by atoms with Crippen molar-refractivity contribution in [2.45, 2.75) is 6.92 Å². The number of nitrogens with one attached hydrogen (secondary N) is 1. The van der Waals surface area contributed by atoms with E-state index in [1.165, 1.54) is 12.1 Å². The highest BCUT2D eigenvalue weighted by atomic mass is 16.4. The molecule has 1 aromatic rings. The van der Waals surface area contributed by atoms with Crippen molar-refractivity contribution < 1.29 is 19.9 Å². The van der Waals surface area contributed by atoms with Crippen molar-refractivity contribution in [2.75, 3.05) is 5.32 Å². The number of hydrogen-bond acceptors (Lipinski definition) is 4. The minimum Gasteiger partial charge on any atom is -0.478 e. The molecule has 0 heterocycles. The first-order valence-corrected chi connectivity index (χ1v) is 4.37. The number of rotatable bonds is 3. The number of carboxylic acid groups (broad SMARTS) is 1. The van der Waals surface area contributed by atoms with Crippen LogP contribution < -0.4 is 5.32 Å². The Labute approximate surface area is 91.2 Å². The molecule has 0 spiro atoms. The third-order valence-electron chi connectivity index (χ3n) is 2.00. The van der Waals surface area contributed by atoms with Gasteiger partial charge in [-0.2, -0.15) is 0 Å². The van der Waals surface area contributed by atoms with E-state index in [1.54, 1.807) is 13.0 Å². The van der Waals surface area contributed by atoms with Gasteiger partial charge < -0.3 is 15.6 Å². The summed E-state index contributed by atoms with van der Waals surface area (Å²) in [5.41, 5.74) is 0.915. The first-order valence-electron chi connectivity index (χ1n) is 4.37. The molecule has 0 saturated heterocycles. The van der Waals surface area contributed by atoms with E-state index < -0.39 is 11.9 Å². The zero-order valence-corrected chi connectivity index (χ0v) is 8.47. The van der Waals surface area contributed by atoms with Crippen molar-refractivity contribution in [3.63, 3.8) is 0 Å². The minimum atomic E-state index is -1.07. The standard InChI is InChI=1S/C10H10N2O4/c1-6-7(10(14)15)3-2-4-8(6)12-9(13)5-11-16/h2-5,16H,1H3,(H,12,13)(H,14,15)/b11-5-. The normalized spacial score (nSPS) is 10.3. The number of aromatic carboxylic acids is 1. The van der Waals surface area contributed by atoms with Gasteiger partial charge in [0.15, 0.2) is 0 Å². The molecular weight excluding hydrogens is 212 g/mol. The van der Waals surface area contributed by atoms with E-state index in [0.29, 0.717) is 17.5 Å². The molecule has 1 amide bonds. The summed E-state index contributed by atoms with van der Waals surface area (Å²) in [5.74, 6) is -1.70. The summed E-state index contributed by atoms with van der Waals surface area (Å²) in [5, 5.41) is 22.0. The van der Waals surface area contributed by atoms with Crippen molar-refractivity contribution in [3.05, 3.63) is 29.3 Å². The van der Waals surface area contributed by atoms with Crippen LogP contribution in [0.2, 0.25) is 0 Å². The zero-order chi connectivity index (χ0) is 12.1. The van der Waals surface area contributed by atoms with E-state index in [2.05, 4.69) is 10.5 Å². The molecule has 0 aliphatic carbocycles. The van der Waals surface area contributed by atoms with Crippen LogP contribution in [0.1, 0.15) is 15.9 Å². The van der Waals surface area contributed by atoms with E-state index in [0.717, 1.165) is 0 Å². The van der Waals surface area contributed by atoms with Gasteiger partial charge in [0.2, 0.25) is 0 Å². The van der Waals surface area contributed by atoms with Gasteiger partial charge in [-0.3, -0.25) is 4.79 Å². The molecular formula is C10H10N2O4. The van der Waals surface area contributed by atoms with E-state index >= 15 is 0 Å². The number of carbonyl (C=O) groups excluding carboxylic acids is 1. The molecule has 0 saturated carbocycles. The fraction of sp³-hybridized carbons (Fsp3) is 0.100. The molecule has 1 rings (SSSR count). The lowest BCUT2D eigenvalue weighted by molar-refractivity contribution is -0.110. The Morgan fingerprint density at radius 3 is 2.69 bits per heavy atom. The molecule has 3 N–H and O–H groups in total. The molecule has 0 aromatic heterocycles.